The molecule has 0 aliphatic carbocycles. The lowest BCUT2D eigenvalue weighted by Gasteiger charge is -2.28. The average molecular weight is 281 g/mol. The first-order valence-electron chi connectivity index (χ1n) is 6.79. The van der Waals surface area contributed by atoms with Gasteiger partial charge in [-0.15, -0.1) is 0 Å². The molecule has 1 atom stereocenters. The molecule has 1 rings (SSSR count). The second-order valence-electron chi connectivity index (χ2n) is 4.81. The summed E-state index contributed by atoms with van der Waals surface area (Å²) in [6.07, 6.45) is 0. The maximum absolute atomic E-state index is 9.47. The molecule has 0 heterocycles. The van der Waals surface area contributed by atoms with Gasteiger partial charge in [-0.1, -0.05) is 13.0 Å². The highest BCUT2D eigenvalue weighted by Crippen LogP contribution is 2.15. The summed E-state index contributed by atoms with van der Waals surface area (Å²) < 4.78 is 10.4. The van der Waals surface area contributed by atoms with Crippen molar-refractivity contribution in [1.29, 1.82) is 0 Å². The Balaban J connectivity index is 2.97. The van der Waals surface area contributed by atoms with Crippen LogP contribution in [0.1, 0.15) is 19.4 Å². The van der Waals surface area contributed by atoms with Crippen molar-refractivity contribution >= 4 is 12.6 Å². The summed E-state index contributed by atoms with van der Waals surface area (Å²) >= 11 is 0. The average Bonchev–Trinajstić information content (AvgIpc) is 2.44. The standard InChI is InChI=1S/C14H24BNO4/c1-5-16(11(2)10-19-3)9-12-8-13(20-4)6-7-14(12)15(17)18/h6-8,11,17-18H,5,9-10H2,1-4H3. The minimum Gasteiger partial charge on any atom is -0.497 e. The Morgan fingerprint density at radius 1 is 1.30 bits per heavy atom. The molecule has 0 aliphatic rings. The van der Waals surface area contributed by atoms with Crippen molar-refractivity contribution < 1.29 is 19.5 Å². The zero-order valence-corrected chi connectivity index (χ0v) is 12.7. The quantitative estimate of drug-likeness (QED) is 0.668. The van der Waals surface area contributed by atoms with Gasteiger partial charge in [0.1, 0.15) is 5.75 Å². The summed E-state index contributed by atoms with van der Waals surface area (Å²) in [6, 6.07) is 5.51. The summed E-state index contributed by atoms with van der Waals surface area (Å²) in [7, 11) is 1.80. The fraction of sp³-hybridized carbons (Fsp3) is 0.571. The largest absolute Gasteiger partial charge is 0.497 e. The second kappa shape index (κ2) is 8.27. The van der Waals surface area contributed by atoms with Crippen molar-refractivity contribution in [3.63, 3.8) is 0 Å². The molecule has 0 saturated carbocycles. The van der Waals surface area contributed by atoms with Crippen molar-refractivity contribution in [2.24, 2.45) is 0 Å². The summed E-state index contributed by atoms with van der Waals surface area (Å²) in [4.78, 5) is 2.21. The normalized spacial score (nSPS) is 12.6. The van der Waals surface area contributed by atoms with E-state index in [0.717, 1.165) is 12.1 Å². The molecule has 0 radical (unpaired) electrons. The van der Waals surface area contributed by atoms with Crippen LogP contribution >= 0.6 is 0 Å². The van der Waals surface area contributed by atoms with Crippen LogP contribution in [0.25, 0.3) is 0 Å². The third-order valence-electron chi connectivity index (χ3n) is 3.44. The number of hydrogen-bond donors (Lipinski definition) is 2. The molecule has 0 fully saturated rings. The molecular weight excluding hydrogens is 257 g/mol. The Labute approximate surface area is 121 Å². The molecule has 0 aliphatic heterocycles. The molecule has 0 saturated heterocycles. The molecule has 0 aromatic heterocycles. The molecule has 6 heteroatoms. The molecule has 0 amide bonds. The van der Waals surface area contributed by atoms with Crippen LogP contribution in [0.2, 0.25) is 0 Å². The van der Waals surface area contributed by atoms with Crippen molar-refractivity contribution in [2.45, 2.75) is 26.4 Å². The van der Waals surface area contributed by atoms with Gasteiger partial charge in [-0.3, -0.25) is 4.90 Å². The first kappa shape index (κ1) is 17.0. The zero-order valence-electron chi connectivity index (χ0n) is 12.7. The Bertz CT molecular complexity index is 414. The molecule has 0 spiro atoms. The van der Waals surface area contributed by atoms with Crippen LogP contribution in [0.5, 0.6) is 5.75 Å². The number of ether oxygens (including phenoxy) is 2. The Morgan fingerprint density at radius 3 is 2.50 bits per heavy atom. The van der Waals surface area contributed by atoms with Gasteiger partial charge in [-0.2, -0.15) is 0 Å². The van der Waals surface area contributed by atoms with E-state index < -0.39 is 7.12 Å². The molecule has 112 valence electrons. The van der Waals surface area contributed by atoms with Gasteiger partial charge < -0.3 is 19.5 Å². The lowest BCUT2D eigenvalue weighted by molar-refractivity contribution is 0.0983. The van der Waals surface area contributed by atoms with Crippen molar-refractivity contribution in [1.82, 2.24) is 4.90 Å². The SMILES string of the molecule is CCN(Cc1cc(OC)ccc1B(O)O)C(C)COC. The van der Waals surface area contributed by atoms with Crippen LogP contribution in [0, 0.1) is 0 Å². The van der Waals surface area contributed by atoms with Gasteiger partial charge >= 0.3 is 7.12 Å². The first-order chi connectivity index (χ1) is 9.53. The summed E-state index contributed by atoms with van der Waals surface area (Å²) in [6.45, 7) is 6.26. The van der Waals surface area contributed by atoms with E-state index in [-0.39, 0.29) is 6.04 Å². The predicted molar refractivity (Wildman–Crippen MR) is 80.2 cm³/mol. The van der Waals surface area contributed by atoms with Gasteiger partial charge in [0.05, 0.1) is 13.7 Å². The van der Waals surface area contributed by atoms with E-state index in [2.05, 4.69) is 18.7 Å². The zero-order chi connectivity index (χ0) is 15.1. The Hall–Kier alpha value is -1.08. The predicted octanol–water partition coefficient (Wildman–Crippen LogP) is 0.232. The van der Waals surface area contributed by atoms with Gasteiger partial charge in [0.2, 0.25) is 0 Å². The van der Waals surface area contributed by atoms with E-state index in [9.17, 15) is 10.0 Å². The molecule has 0 bridgehead atoms. The number of hydrogen-bond acceptors (Lipinski definition) is 5. The van der Waals surface area contributed by atoms with E-state index in [0.29, 0.717) is 24.4 Å². The van der Waals surface area contributed by atoms with E-state index in [1.165, 1.54) is 0 Å². The molecule has 1 aromatic carbocycles. The highest BCUT2D eigenvalue weighted by Gasteiger charge is 2.20. The van der Waals surface area contributed by atoms with Crippen LogP contribution in [0.15, 0.2) is 18.2 Å². The fourth-order valence-electron chi connectivity index (χ4n) is 2.24. The number of likely N-dealkylation sites (N-methyl/N-ethyl adjacent to an activating group) is 1. The first-order valence-corrected chi connectivity index (χ1v) is 6.79. The van der Waals surface area contributed by atoms with E-state index in [1.54, 1.807) is 26.4 Å². The second-order valence-corrected chi connectivity index (χ2v) is 4.81. The lowest BCUT2D eigenvalue weighted by Crippen LogP contribution is -2.40. The topological polar surface area (TPSA) is 62.2 Å². The van der Waals surface area contributed by atoms with E-state index in [4.69, 9.17) is 9.47 Å². The fourth-order valence-corrected chi connectivity index (χ4v) is 2.24. The van der Waals surface area contributed by atoms with Gasteiger partial charge in [0.15, 0.2) is 0 Å². The van der Waals surface area contributed by atoms with E-state index >= 15 is 0 Å². The minimum absolute atomic E-state index is 0.250. The van der Waals surface area contributed by atoms with Gasteiger partial charge in [0.25, 0.3) is 0 Å². The molecular formula is C14H24BNO4. The Morgan fingerprint density at radius 2 is 2.00 bits per heavy atom. The molecule has 5 nitrogen and oxygen atoms in total. The van der Waals surface area contributed by atoms with Crippen LogP contribution in [0.4, 0.5) is 0 Å². The monoisotopic (exact) mass is 281 g/mol. The third kappa shape index (κ3) is 4.49. The molecule has 1 unspecified atom stereocenters. The van der Waals surface area contributed by atoms with Crippen molar-refractivity contribution in [3.05, 3.63) is 23.8 Å². The van der Waals surface area contributed by atoms with Gasteiger partial charge in [0, 0.05) is 19.7 Å². The maximum atomic E-state index is 9.47. The highest BCUT2D eigenvalue weighted by molar-refractivity contribution is 6.59. The van der Waals surface area contributed by atoms with Crippen molar-refractivity contribution in [3.8, 4) is 5.75 Å². The summed E-state index contributed by atoms with van der Waals surface area (Å²) in [5.41, 5.74) is 1.36. The summed E-state index contributed by atoms with van der Waals surface area (Å²) in [5.74, 6) is 0.708. The minimum atomic E-state index is -1.48. The number of methoxy groups -OCH3 is 2. The highest BCUT2D eigenvalue weighted by atomic mass is 16.5. The lowest BCUT2D eigenvalue weighted by atomic mass is 9.76. The number of rotatable bonds is 8. The Kier molecular flexibility index (Phi) is 7.02. The van der Waals surface area contributed by atoms with Crippen LogP contribution in [0.3, 0.4) is 0 Å². The molecule has 20 heavy (non-hydrogen) atoms. The number of benzene rings is 1. The van der Waals surface area contributed by atoms with Crippen LogP contribution in [-0.4, -0.2) is 55.5 Å². The van der Waals surface area contributed by atoms with E-state index in [1.807, 2.05) is 6.07 Å². The van der Waals surface area contributed by atoms with Crippen LogP contribution < -0.4 is 10.2 Å². The summed E-state index contributed by atoms with van der Waals surface area (Å²) in [5, 5.41) is 18.9. The number of nitrogens with zero attached hydrogens (tertiary/aromatic N) is 1. The molecule has 1 aromatic rings. The third-order valence-corrected chi connectivity index (χ3v) is 3.44. The molecule has 2 N–H and O–H groups in total. The van der Waals surface area contributed by atoms with Gasteiger partial charge in [-0.25, -0.2) is 0 Å². The smallest absolute Gasteiger partial charge is 0.488 e. The van der Waals surface area contributed by atoms with Gasteiger partial charge in [-0.05, 0) is 36.6 Å². The maximum Gasteiger partial charge on any atom is 0.488 e. The van der Waals surface area contributed by atoms with Crippen molar-refractivity contribution in [2.75, 3.05) is 27.4 Å². The van der Waals surface area contributed by atoms with Crippen LogP contribution in [-0.2, 0) is 11.3 Å².